The van der Waals surface area contributed by atoms with Crippen LogP contribution in [0.25, 0.3) is 0 Å². The van der Waals surface area contributed by atoms with Gasteiger partial charge in [0.15, 0.2) is 0 Å². The molecular formula is C7H13IO2Zn. The van der Waals surface area contributed by atoms with Crippen LogP contribution < -0.4 is 0 Å². The van der Waals surface area contributed by atoms with Gasteiger partial charge in [-0.2, -0.15) is 0 Å². The van der Waals surface area contributed by atoms with E-state index in [9.17, 15) is 0 Å². The van der Waals surface area contributed by atoms with E-state index in [1.807, 2.05) is 0 Å². The molecule has 1 saturated heterocycles. The van der Waals surface area contributed by atoms with E-state index < -0.39 is 0 Å². The van der Waals surface area contributed by atoms with Crippen molar-refractivity contribution in [2.75, 3.05) is 13.2 Å². The van der Waals surface area contributed by atoms with Crippen molar-refractivity contribution in [1.29, 1.82) is 0 Å². The zero-order chi connectivity index (χ0) is 8.74. The van der Waals surface area contributed by atoms with Crippen LogP contribution in [0.3, 0.4) is 0 Å². The Bertz CT molecular complexity index is 88.4. The number of halogens is 1. The molecule has 0 atom stereocenters. The molecule has 1 rings (SSSR count). The van der Waals surface area contributed by atoms with E-state index in [0.29, 0.717) is 6.42 Å². The van der Waals surface area contributed by atoms with Gasteiger partial charge in [-0.25, -0.2) is 0 Å². The first-order valence-corrected chi connectivity index (χ1v) is 12.7. The Kier molecular flexibility index (Phi) is 7.54. The summed E-state index contributed by atoms with van der Waals surface area (Å²) in [6.45, 7) is 7.26. The van der Waals surface area contributed by atoms with Crippen molar-refractivity contribution in [2.45, 2.75) is 25.6 Å². The third kappa shape index (κ3) is 3.66. The van der Waals surface area contributed by atoms with Gasteiger partial charge in [0, 0.05) is 0 Å². The molecule has 0 bridgehead atoms. The first-order valence-electron chi connectivity index (χ1n) is 3.67. The van der Waals surface area contributed by atoms with Crippen LogP contribution in [0, 0.1) is 6.92 Å². The molecule has 62 valence electrons. The van der Waals surface area contributed by atoms with Crippen LogP contribution in [0.15, 0.2) is 0 Å². The Balaban J connectivity index is 0.000000461. The minimum absolute atomic E-state index is 0.333. The maximum atomic E-state index is 5.35. The van der Waals surface area contributed by atoms with Crippen LogP contribution in [0.1, 0.15) is 19.8 Å². The van der Waals surface area contributed by atoms with Gasteiger partial charge in [-0.1, -0.05) is 6.92 Å². The number of hydrogen-bond donors (Lipinski definition) is 0. The topological polar surface area (TPSA) is 18.5 Å². The van der Waals surface area contributed by atoms with Crippen LogP contribution in [0.5, 0.6) is 0 Å². The third-order valence-electron chi connectivity index (χ3n) is 1.73. The van der Waals surface area contributed by atoms with Crippen molar-refractivity contribution in [3.05, 3.63) is 6.92 Å². The van der Waals surface area contributed by atoms with Crippen molar-refractivity contribution >= 4 is 19.8 Å². The van der Waals surface area contributed by atoms with Crippen molar-refractivity contribution in [3.8, 4) is 0 Å². The van der Waals surface area contributed by atoms with E-state index in [-0.39, 0.29) is 5.79 Å². The molecule has 0 spiro atoms. The normalized spacial score (nSPS) is 20.8. The summed E-state index contributed by atoms with van der Waals surface area (Å²) < 4.78 is 10.7. The predicted octanol–water partition coefficient (Wildman–Crippen LogP) is 2.25. The van der Waals surface area contributed by atoms with Gasteiger partial charge >= 0.3 is 34.5 Å². The molecule has 2 nitrogen and oxygen atoms in total. The molecule has 0 aromatic carbocycles. The summed E-state index contributed by atoms with van der Waals surface area (Å²) in [5.41, 5.74) is 0. The average Bonchev–Trinajstić information content (AvgIpc) is 2.57. The van der Waals surface area contributed by atoms with E-state index in [4.69, 9.17) is 9.47 Å². The van der Waals surface area contributed by atoms with Crippen LogP contribution in [-0.2, 0) is 24.3 Å². The van der Waals surface area contributed by atoms with E-state index in [1.165, 1.54) is 14.8 Å². The standard InChI is InChI=1S/C7H13O2.HI.Zn/c1-3-7(4-2)8-5-6-9-7;;/h1,3-6H2,2H3;1H;/q-1;;+2/p-1. The van der Waals surface area contributed by atoms with Crippen LogP contribution in [0.4, 0.5) is 0 Å². The quantitative estimate of drug-likeness (QED) is 0.441. The first kappa shape index (κ1) is 12.3. The molecule has 11 heavy (non-hydrogen) atoms. The van der Waals surface area contributed by atoms with E-state index in [2.05, 4.69) is 33.6 Å². The maximum absolute atomic E-state index is 5.35. The summed E-state index contributed by atoms with van der Waals surface area (Å²) in [5, 5.41) is 0. The van der Waals surface area contributed by atoms with Gasteiger partial charge in [0.05, 0.1) is 13.2 Å². The predicted molar refractivity (Wildman–Crippen MR) is 48.9 cm³/mol. The summed E-state index contributed by atoms with van der Waals surface area (Å²) in [7, 11) is 0. The average molecular weight is 321 g/mol. The second-order valence-corrected chi connectivity index (χ2v) is 2.21. The van der Waals surface area contributed by atoms with Crippen LogP contribution in [-0.4, -0.2) is 19.0 Å². The molecule has 0 aliphatic carbocycles. The molecule has 0 aromatic rings. The van der Waals surface area contributed by atoms with E-state index in [1.54, 1.807) is 0 Å². The first-order chi connectivity index (χ1) is 5.33. The summed E-state index contributed by atoms with van der Waals surface area (Å²) >= 11 is 3.62. The Labute approximate surface area is 89.3 Å². The zero-order valence-corrected chi connectivity index (χ0v) is 12.1. The number of hydrogen-bond acceptors (Lipinski definition) is 2. The molecule has 0 saturated carbocycles. The van der Waals surface area contributed by atoms with E-state index in [0.717, 1.165) is 19.6 Å². The molecule has 1 aliphatic heterocycles. The number of ether oxygens (including phenoxy) is 2. The van der Waals surface area contributed by atoms with Crippen LogP contribution in [0.2, 0.25) is 0 Å². The van der Waals surface area contributed by atoms with Crippen LogP contribution >= 0.6 is 19.8 Å². The molecule has 1 heterocycles. The fraction of sp³-hybridized carbons (Fsp3) is 0.857. The molecule has 1 aliphatic rings. The molecular weight excluding hydrogens is 308 g/mol. The number of rotatable bonds is 2. The summed E-state index contributed by atoms with van der Waals surface area (Å²) in [5.74, 6) is -0.333. The molecule has 0 N–H and O–H groups in total. The summed E-state index contributed by atoms with van der Waals surface area (Å²) in [6.07, 6.45) is 1.61. The molecule has 4 heteroatoms. The van der Waals surface area contributed by atoms with Crippen molar-refractivity contribution in [3.63, 3.8) is 0 Å². The molecule has 0 unspecified atom stereocenters. The van der Waals surface area contributed by atoms with E-state index >= 15 is 0 Å². The SMILES string of the molecule is [CH2-]CC1(CC)OCCO1.[Zn+][I]. The Morgan fingerprint density at radius 3 is 2.09 bits per heavy atom. The zero-order valence-electron chi connectivity index (χ0n) is 6.94. The Morgan fingerprint density at radius 2 is 1.91 bits per heavy atom. The molecule has 0 aromatic heterocycles. The molecule has 0 amide bonds. The Hall–Kier alpha value is 1.27. The van der Waals surface area contributed by atoms with Gasteiger partial charge in [-0.05, 0) is 6.42 Å². The second-order valence-electron chi connectivity index (χ2n) is 2.21. The fourth-order valence-corrected chi connectivity index (χ4v) is 1.02. The third-order valence-corrected chi connectivity index (χ3v) is 1.73. The van der Waals surface area contributed by atoms with Gasteiger partial charge in [0.25, 0.3) is 0 Å². The monoisotopic (exact) mass is 320 g/mol. The molecule has 1 fully saturated rings. The fourth-order valence-electron chi connectivity index (χ4n) is 1.02. The Morgan fingerprint density at radius 1 is 1.45 bits per heavy atom. The van der Waals surface area contributed by atoms with Gasteiger partial charge in [-0.15, -0.1) is 6.42 Å². The van der Waals surface area contributed by atoms with Crippen molar-refractivity contribution in [2.24, 2.45) is 0 Å². The summed E-state index contributed by atoms with van der Waals surface area (Å²) in [4.78, 5) is 0. The van der Waals surface area contributed by atoms with Gasteiger partial charge in [0.1, 0.15) is 5.79 Å². The van der Waals surface area contributed by atoms with Crippen molar-refractivity contribution < 1.29 is 24.3 Å². The molecule has 0 radical (unpaired) electrons. The van der Waals surface area contributed by atoms with Gasteiger partial charge in [0.2, 0.25) is 0 Å². The second kappa shape index (κ2) is 6.75. The van der Waals surface area contributed by atoms with Gasteiger partial charge in [-0.3, -0.25) is 0 Å². The van der Waals surface area contributed by atoms with Gasteiger partial charge < -0.3 is 16.4 Å². The van der Waals surface area contributed by atoms with Crippen molar-refractivity contribution in [1.82, 2.24) is 0 Å². The minimum atomic E-state index is -0.333. The summed E-state index contributed by atoms with van der Waals surface area (Å²) in [6, 6.07) is 0.